The summed E-state index contributed by atoms with van der Waals surface area (Å²) in [6.45, 7) is 2.70. The van der Waals surface area contributed by atoms with E-state index in [-0.39, 0.29) is 13.2 Å². The number of nitrogens with two attached hydrogens (primary N) is 1. The molecule has 0 aromatic heterocycles. The van der Waals surface area contributed by atoms with Gasteiger partial charge in [0.05, 0.1) is 6.04 Å². The van der Waals surface area contributed by atoms with E-state index >= 15 is 0 Å². The van der Waals surface area contributed by atoms with Crippen molar-refractivity contribution in [2.45, 2.75) is 19.0 Å². The summed E-state index contributed by atoms with van der Waals surface area (Å²) >= 11 is 0. The molecule has 2 aromatic rings. The van der Waals surface area contributed by atoms with Crippen LogP contribution in [0.4, 0.5) is 16.2 Å². The number of carbonyl (C=O) groups excluding carboxylic acids is 3. The highest BCUT2D eigenvalue weighted by Crippen LogP contribution is 2.45. The number of urea groups is 1. The smallest absolute Gasteiger partial charge is 0.328 e. The normalized spacial score (nSPS) is 23.1. The molecular weight excluding hydrogens is 426 g/mol. The minimum atomic E-state index is -1.43. The van der Waals surface area contributed by atoms with Crippen molar-refractivity contribution in [3.8, 4) is 11.5 Å². The second-order valence-electron chi connectivity index (χ2n) is 8.91. The van der Waals surface area contributed by atoms with E-state index in [1.165, 1.54) is 0 Å². The molecule has 1 unspecified atom stereocenters. The third-order valence-electron chi connectivity index (χ3n) is 7.02. The van der Waals surface area contributed by atoms with E-state index in [2.05, 4.69) is 20.4 Å². The maximum absolute atomic E-state index is 13.2. The molecule has 4 N–H and O–H groups in total. The zero-order valence-corrected chi connectivity index (χ0v) is 17.8. The molecule has 33 heavy (non-hydrogen) atoms. The number of ether oxygens (including phenoxy) is 2. The number of fused-ring (bicyclic) bond motifs is 5. The predicted molar refractivity (Wildman–Crippen MR) is 118 cm³/mol. The number of nitrogens with one attached hydrogen (secondary N) is 2. The molecule has 170 valence electrons. The monoisotopic (exact) mass is 449 g/mol. The number of piperazine rings is 1. The van der Waals surface area contributed by atoms with Crippen LogP contribution in [0.5, 0.6) is 11.5 Å². The van der Waals surface area contributed by atoms with Gasteiger partial charge in [0, 0.05) is 37.6 Å². The molecule has 4 aliphatic rings. The van der Waals surface area contributed by atoms with Gasteiger partial charge in [-0.3, -0.25) is 25.1 Å². The molecule has 1 atom stereocenters. The van der Waals surface area contributed by atoms with Crippen LogP contribution in [-0.4, -0.2) is 55.2 Å². The fourth-order valence-electron chi connectivity index (χ4n) is 5.46. The molecule has 0 saturated carbocycles. The lowest BCUT2D eigenvalue weighted by atomic mass is 9.68. The van der Waals surface area contributed by atoms with E-state index in [0.717, 1.165) is 34.9 Å². The lowest BCUT2D eigenvalue weighted by Crippen LogP contribution is -2.74. The second kappa shape index (κ2) is 7.11. The van der Waals surface area contributed by atoms with Gasteiger partial charge in [-0.25, -0.2) is 4.79 Å². The van der Waals surface area contributed by atoms with Gasteiger partial charge >= 0.3 is 6.03 Å². The topological polar surface area (TPSA) is 126 Å². The summed E-state index contributed by atoms with van der Waals surface area (Å²) < 4.78 is 10.9. The van der Waals surface area contributed by atoms with Crippen molar-refractivity contribution in [2.24, 2.45) is 5.41 Å². The van der Waals surface area contributed by atoms with Crippen LogP contribution in [0.25, 0.3) is 0 Å². The largest absolute Gasteiger partial charge is 0.454 e. The summed E-state index contributed by atoms with van der Waals surface area (Å²) in [6, 6.07) is 10.2. The number of benzene rings is 2. The van der Waals surface area contributed by atoms with Crippen molar-refractivity contribution >= 4 is 29.2 Å². The number of amides is 4. The first-order chi connectivity index (χ1) is 15.9. The summed E-state index contributed by atoms with van der Waals surface area (Å²) in [5, 5.41) is 4.65. The molecule has 0 bridgehead atoms. The van der Waals surface area contributed by atoms with Gasteiger partial charge in [0.1, 0.15) is 0 Å². The molecule has 2 saturated heterocycles. The average molecular weight is 449 g/mol. The van der Waals surface area contributed by atoms with Crippen LogP contribution in [-0.2, 0) is 22.6 Å². The number of anilines is 2. The van der Waals surface area contributed by atoms with Gasteiger partial charge in [0.2, 0.25) is 18.6 Å². The summed E-state index contributed by atoms with van der Waals surface area (Å²) in [5.74, 6) is 0.316. The van der Waals surface area contributed by atoms with E-state index in [9.17, 15) is 14.4 Å². The molecule has 4 heterocycles. The summed E-state index contributed by atoms with van der Waals surface area (Å²) in [6.07, 6.45) is 0.178. The Labute approximate surface area is 189 Å². The van der Waals surface area contributed by atoms with Gasteiger partial charge in [-0.2, -0.15) is 0 Å². The van der Waals surface area contributed by atoms with Crippen molar-refractivity contribution < 1.29 is 23.9 Å². The van der Waals surface area contributed by atoms with Gasteiger partial charge in [-0.05, 0) is 47.9 Å². The zero-order chi connectivity index (χ0) is 22.7. The standard InChI is InChI=1S/C23H23N5O5/c24-15-2-3-16-14(8-15)9-23(20(29)25-22(31)26-21(23)30)19-11-27(5-6-28(16)19)10-13-1-4-17-18(7-13)33-12-32-17/h1-4,7-8,19H,5-6,9-12,24H2,(H2,25,26,29,30,31). The maximum Gasteiger partial charge on any atom is 0.328 e. The Kier molecular flexibility index (Phi) is 4.28. The van der Waals surface area contributed by atoms with Crippen LogP contribution < -0.4 is 30.7 Å². The number of hydrogen-bond donors (Lipinski definition) is 3. The number of hydrogen-bond acceptors (Lipinski definition) is 8. The molecule has 6 rings (SSSR count). The van der Waals surface area contributed by atoms with E-state index < -0.39 is 29.3 Å². The third-order valence-corrected chi connectivity index (χ3v) is 7.02. The van der Waals surface area contributed by atoms with Gasteiger partial charge in [0.15, 0.2) is 16.9 Å². The number of barbiturate groups is 1. The fourth-order valence-corrected chi connectivity index (χ4v) is 5.46. The van der Waals surface area contributed by atoms with Crippen LogP contribution in [0.2, 0.25) is 0 Å². The molecule has 10 nitrogen and oxygen atoms in total. The number of imide groups is 2. The molecule has 10 heteroatoms. The second-order valence-corrected chi connectivity index (χ2v) is 8.91. The minimum Gasteiger partial charge on any atom is -0.454 e. The first-order valence-corrected chi connectivity index (χ1v) is 10.9. The Bertz CT molecular complexity index is 1180. The number of carbonyl (C=O) groups is 3. The summed E-state index contributed by atoms with van der Waals surface area (Å²) in [7, 11) is 0. The van der Waals surface area contributed by atoms with Crippen molar-refractivity contribution in [3.05, 3.63) is 47.5 Å². The molecular formula is C23H23N5O5. The Morgan fingerprint density at radius 3 is 2.61 bits per heavy atom. The Balaban J connectivity index is 1.35. The highest BCUT2D eigenvalue weighted by Gasteiger charge is 2.60. The highest BCUT2D eigenvalue weighted by molar-refractivity contribution is 6.20. The zero-order valence-electron chi connectivity index (χ0n) is 17.8. The van der Waals surface area contributed by atoms with Crippen LogP contribution in [0.15, 0.2) is 36.4 Å². The quantitative estimate of drug-likeness (QED) is 0.450. The summed E-state index contributed by atoms with van der Waals surface area (Å²) in [4.78, 5) is 42.6. The average Bonchev–Trinajstić information content (AvgIpc) is 3.25. The Morgan fingerprint density at radius 1 is 1.00 bits per heavy atom. The molecule has 2 aromatic carbocycles. The number of rotatable bonds is 2. The first-order valence-electron chi connectivity index (χ1n) is 10.9. The maximum atomic E-state index is 13.2. The van der Waals surface area contributed by atoms with Crippen LogP contribution in [0.1, 0.15) is 11.1 Å². The van der Waals surface area contributed by atoms with Crippen molar-refractivity contribution in [3.63, 3.8) is 0 Å². The molecule has 0 radical (unpaired) electrons. The van der Waals surface area contributed by atoms with Crippen LogP contribution >= 0.6 is 0 Å². The molecule has 0 aliphatic carbocycles. The third kappa shape index (κ3) is 3.01. The lowest BCUT2D eigenvalue weighted by Gasteiger charge is -2.54. The summed E-state index contributed by atoms with van der Waals surface area (Å²) in [5.41, 5.74) is 8.00. The van der Waals surface area contributed by atoms with Gasteiger partial charge in [0.25, 0.3) is 0 Å². The van der Waals surface area contributed by atoms with Crippen LogP contribution in [0, 0.1) is 5.41 Å². The van der Waals surface area contributed by atoms with E-state index in [0.29, 0.717) is 25.3 Å². The van der Waals surface area contributed by atoms with Gasteiger partial charge in [-0.1, -0.05) is 6.07 Å². The molecule has 2 fully saturated rings. The minimum absolute atomic E-state index is 0.178. The number of nitrogens with zero attached hydrogens (tertiary/aromatic N) is 2. The van der Waals surface area contributed by atoms with Crippen molar-refractivity contribution in [1.29, 1.82) is 0 Å². The van der Waals surface area contributed by atoms with Crippen molar-refractivity contribution in [1.82, 2.24) is 15.5 Å². The molecule has 4 amide bonds. The predicted octanol–water partition coefficient (Wildman–Crippen LogP) is 0.597. The highest BCUT2D eigenvalue weighted by atomic mass is 16.7. The van der Waals surface area contributed by atoms with Gasteiger partial charge < -0.3 is 20.1 Å². The van der Waals surface area contributed by atoms with E-state index in [4.69, 9.17) is 15.2 Å². The fraction of sp³-hybridized carbons (Fsp3) is 0.348. The van der Waals surface area contributed by atoms with Crippen LogP contribution in [0.3, 0.4) is 0 Å². The van der Waals surface area contributed by atoms with Gasteiger partial charge in [-0.15, -0.1) is 0 Å². The van der Waals surface area contributed by atoms with E-state index in [1.807, 2.05) is 36.4 Å². The molecule has 4 aliphatic heterocycles. The Morgan fingerprint density at radius 2 is 1.79 bits per heavy atom. The molecule has 1 spiro atoms. The first kappa shape index (κ1) is 19.9. The lowest BCUT2D eigenvalue weighted by molar-refractivity contribution is -0.147. The van der Waals surface area contributed by atoms with Crippen molar-refractivity contribution in [2.75, 3.05) is 37.1 Å². The SMILES string of the molecule is Nc1ccc2c(c1)CC1(C(=O)NC(=O)NC1=O)C1CN(Cc3ccc4c(c3)OCO4)CCN21. The Hall–Kier alpha value is -3.79. The number of nitrogen functional groups attached to an aromatic ring is 1. The van der Waals surface area contributed by atoms with E-state index in [1.54, 1.807) is 0 Å².